The maximum Gasteiger partial charge on any atom is 0.323 e. The zero-order chi connectivity index (χ0) is 15.4. The molecule has 2 aliphatic heterocycles. The number of carbonyl (C=O) groups is 1. The molecule has 2 aliphatic rings. The first-order valence-electron chi connectivity index (χ1n) is 7.71. The van der Waals surface area contributed by atoms with E-state index in [4.69, 9.17) is 9.47 Å². The first-order chi connectivity index (χ1) is 10.7. The highest BCUT2D eigenvalue weighted by Crippen LogP contribution is 2.11. The Morgan fingerprint density at radius 2 is 2.09 bits per heavy atom. The van der Waals surface area contributed by atoms with Gasteiger partial charge in [0.25, 0.3) is 5.91 Å². The number of hydrogen-bond donors (Lipinski definition) is 2. The SMILES string of the molecule is O=C(c1c[nH]c(=O)[nH]1)N1CCCO[C@@H](CN2CCOCC2)C1. The second-order valence-corrected chi connectivity index (χ2v) is 5.67. The minimum absolute atomic E-state index is 0.00443. The molecule has 0 spiro atoms. The van der Waals surface area contributed by atoms with Crippen LogP contribution in [0.3, 0.4) is 0 Å². The van der Waals surface area contributed by atoms with Crippen LogP contribution in [-0.4, -0.2) is 84.3 Å². The number of aromatic nitrogens is 2. The summed E-state index contributed by atoms with van der Waals surface area (Å²) in [4.78, 5) is 32.7. The van der Waals surface area contributed by atoms with Gasteiger partial charge in [0.2, 0.25) is 0 Å². The molecule has 8 nitrogen and oxygen atoms in total. The van der Waals surface area contributed by atoms with E-state index in [2.05, 4.69) is 14.9 Å². The molecule has 1 aromatic heterocycles. The molecular formula is C14H22N4O4. The van der Waals surface area contributed by atoms with E-state index in [1.165, 1.54) is 6.20 Å². The zero-order valence-electron chi connectivity index (χ0n) is 12.5. The summed E-state index contributed by atoms with van der Waals surface area (Å²) < 4.78 is 11.2. The lowest BCUT2D eigenvalue weighted by atomic mass is 10.2. The van der Waals surface area contributed by atoms with Crippen molar-refractivity contribution < 1.29 is 14.3 Å². The summed E-state index contributed by atoms with van der Waals surface area (Å²) in [6.45, 7) is 5.95. The second kappa shape index (κ2) is 7.08. The topological polar surface area (TPSA) is 90.7 Å². The van der Waals surface area contributed by atoms with Gasteiger partial charge in [-0.1, -0.05) is 0 Å². The van der Waals surface area contributed by atoms with Crippen molar-refractivity contribution in [3.8, 4) is 0 Å². The Morgan fingerprint density at radius 3 is 2.82 bits per heavy atom. The summed E-state index contributed by atoms with van der Waals surface area (Å²) in [5.41, 5.74) is -0.0590. The highest BCUT2D eigenvalue weighted by molar-refractivity contribution is 5.92. The summed E-state index contributed by atoms with van der Waals surface area (Å²) in [5, 5.41) is 0. The summed E-state index contributed by atoms with van der Waals surface area (Å²) in [5.74, 6) is -0.157. The van der Waals surface area contributed by atoms with Crippen molar-refractivity contribution in [2.24, 2.45) is 0 Å². The molecule has 8 heteroatoms. The number of nitrogens with zero attached hydrogens (tertiary/aromatic N) is 2. The largest absolute Gasteiger partial charge is 0.379 e. The van der Waals surface area contributed by atoms with Gasteiger partial charge in [-0.05, 0) is 6.42 Å². The van der Waals surface area contributed by atoms with Crippen LogP contribution >= 0.6 is 0 Å². The fourth-order valence-electron chi connectivity index (χ4n) is 2.88. The van der Waals surface area contributed by atoms with Crippen molar-refractivity contribution >= 4 is 5.91 Å². The summed E-state index contributed by atoms with van der Waals surface area (Å²) in [7, 11) is 0. The Kier molecular flexibility index (Phi) is 4.91. The number of ether oxygens (including phenoxy) is 2. The molecule has 122 valence electrons. The van der Waals surface area contributed by atoms with Gasteiger partial charge in [0.05, 0.1) is 19.3 Å². The predicted octanol–water partition coefficient (Wildman–Crippen LogP) is -0.734. The fourth-order valence-corrected chi connectivity index (χ4v) is 2.88. The van der Waals surface area contributed by atoms with Crippen molar-refractivity contribution in [2.45, 2.75) is 12.5 Å². The van der Waals surface area contributed by atoms with Crippen LogP contribution in [-0.2, 0) is 9.47 Å². The number of nitrogens with one attached hydrogen (secondary N) is 2. The van der Waals surface area contributed by atoms with Gasteiger partial charge in [0.15, 0.2) is 0 Å². The average Bonchev–Trinajstić information content (AvgIpc) is 2.83. The van der Waals surface area contributed by atoms with Gasteiger partial charge < -0.3 is 24.3 Å². The minimum Gasteiger partial charge on any atom is -0.379 e. The molecular weight excluding hydrogens is 288 g/mol. The van der Waals surface area contributed by atoms with Crippen LogP contribution in [0, 0.1) is 0 Å². The number of morpholine rings is 1. The maximum absolute atomic E-state index is 12.5. The van der Waals surface area contributed by atoms with Crippen LogP contribution in [0.25, 0.3) is 0 Å². The van der Waals surface area contributed by atoms with Gasteiger partial charge in [-0.2, -0.15) is 0 Å². The number of rotatable bonds is 3. The Bertz CT molecular complexity index is 549. The lowest BCUT2D eigenvalue weighted by Crippen LogP contribution is -2.46. The highest BCUT2D eigenvalue weighted by Gasteiger charge is 2.26. The third kappa shape index (κ3) is 3.76. The van der Waals surface area contributed by atoms with Crippen LogP contribution in [0.15, 0.2) is 11.0 Å². The first-order valence-corrected chi connectivity index (χ1v) is 7.71. The number of imidazole rings is 1. The molecule has 3 heterocycles. The smallest absolute Gasteiger partial charge is 0.323 e. The molecule has 0 radical (unpaired) electrons. The molecule has 3 rings (SSSR count). The monoisotopic (exact) mass is 310 g/mol. The van der Waals surface area contributed by atoms with E-state index in [1.807, 2.05) is 0 Å². The summed E-state index contributed by atoms with van der Waals surface area (Å²) >= 11 is 0. The maximum atomic E-state index is 12.5. The molecule has 2 saturated heterocycles. The average molecular weight is 310 g/mol. The molecule has 0 unspecified atom stereocenters. The van der Waals surface area contributed by atoms with Gasteiger partial charge in [0, 0.05) is 45.5 Å². The lowest BCUT2D eigenvalue weighted by Gasteiger charge is -2.31. The van der Waals surface area contributed by atoms with E-state index < -0.39 is 0 Å². The molecule has 0 aliphatic carbocycles. The number of amides is 1. The van der Waals surface area contributed by atoms with E-state index >= 15 is 0 Å². The van der Waals surface area contributed by atoms with Crippen molar-refractivity contribution in [2.75, 3.05) is 52.5 Å². The van der Waals surface area contributed by atoms with E-state index in [-0.39, 0.29) is 17.7 Å². The van der Waals surface area contributed by atoms with Crippen molar-refractivity contribution in [1.82, 2.24) is 19.8 Å². The third-order valence-corrected chi connectivity index (χ3v) is 4.03. The third-order valence-electron chi connectivity index (χ3n) is 4.03. The fraction of sp³-hybridized carbons (Fsp3) is 0.714. The first kappa shape index (κ1) is 15.3. The number of H-pyrrole nitrogens is 2. The van der Waals surface area contributed by atoms with E-state index in [0.29, 0.717) is 25.4 Å². The molecule has 1 aromatic rings. The number of hydrogen-bond acceptors (Lipinski definition) is 5. The van der Waals surface area contributed by atoms with Gasteiger partial charge in [-0.15, -0.1) is 0 Å². The van der Waals surface area contributed by atoms with Gasteiger partial charge in [-0.25, -0.2) is 4.79 Å². The van der Waals surface area contributed by atoms with Crippen LogP contribution in [0.2, 0.25) is 0 Å². The standard InChI is InChI=1S/C14H22N4O4/c19-13(12-8-15-14(20)16-12)18-2-1-5-22-11(10-18)9-17-3-6-21-7-4-17/h8,11H,1-7,9-10H2,(H2,15,16,20)/t11-/m0/s1. The molecule has 0 bridgehead atoms. The molecule has 1 atom stereocenters. The van der Waals surface area contributed by atoms with Crippen molar-refractivity contribution in [3.63, 3.8) is 0 Å². The predicted molar refractivity (Wildman–Crippen MR) is 78.9 cm³/mol. The van der Waals surface area contributed by atoms with Gasteiger partial charge in [0.1, 0.15) is 5.69 Å². The number of aromatic amines is 2. The Balaban J connectivity index is 1.61. The molecule has 2 N–H and O–H groups in total. The van der Waals surface area contributed by atoms with Crippen LogP contribution in [0.4, 0.5) is 0 Å². The van der Waals surface area contributed by atoms with Gasteiger partial charge >= 0.3 is 5.69 Å². The van der Waals surface area contributed by atoms with E-state index in [0.717, 1.165) is 39.3 Å². The molecule has 2 fully saturated rings. The Hall–Kier alpha value is -1.64. The molecule has 0 aromatic carbocycles. The van der Waals surface area contributed by atoms with Crippen molar-refractivity contribution in [3.05, 3.63) is 22.4 Å². The molecule has 1 amide bonds. The van der Waals surface area contributed by atoms with Gasteiger partial charge in [-0.3, -0.25) is 9.69 Å². The molecule has 22 heavy (non-hydrogen) atoms. The lowest BCUT2D eigenvalue weighted by molar-refractivity contribution is -0.0112. The molecule has 0 saturated carbocycles. The van der Waals surface area contributed by atoms with E-state index in [1.54, 1.807) is 4.90 Å². The highest BCUT2D eigenvalue weighted by atomic mass is 16.5. The minimum atomic E-state index is -0.362. The van der Waals surface area contributed by atoms with Crippen LogP contribution in [0.1, 0.15) is 16.9 Å². The van der Waals surface area contributed by atoms with Crippen molar-refractivity contribution in [1.29, 1.82) is 0 Å². The Morgan fingerprint density at radius 1 is 1.27 bits per heavy atom. The van der Waals surface area contributed by atoms with Crippen LogP contribution in [0.5, 0.6) is 0 Å². The zero-order valence-corrected chi connectivity index (χ0v) is 12.5. The summed E-state index contributed by atoms with van der Waals surface area (Å²) in [6.07, 6.45) is 2.23. The van der Waals surface area contributed by atoms with E-state index in [9.17, 15) is 9.59 Å². The Labute approximate surface area is 128 Å². The quantitative estimate of drug-likeness (QED) is 0.768. The summed E-state index contributed by atoms with van der Waals surface area (Å²) in [6, 6.07) is 0. The second-order valence-electron chi connectivity index (χ2n) is 5.67. The van der Waals surface area contributed by atoms with Crippen LogP contribution < -0.4 is 5.69 Å². The normalized spacial score (nSPS) is 24.2. The number of carbonyl (C=O) groups excluding carboxylic acids is 1.